The van der Waals surface area contributed by atoms with Crippen molar-refractivity contribution in [1.82, 2.24) is 9.80 Å². The second-order valence-corrected chi connectivity index (χ2v) is 5.91. The van der Waals surface area contributed by atoms with E-state index in [9.17, 15) is 0 Å². The summed E-state index contributed by atoms with van der Waals surface area (Å²) in [7, 11) is 4.41. The number of piperidine rings is 1. The highest BCUT2D eigenvalue weighted by Crippen LogP contribution is 2.16. The predicted octanol–water partition coefficient (Wildman–Crippen LogP) is 2.36. The highest BCUT2D eigenvalue weighted by molar-refractivity contribution is 7.80. The van der Waals surface area contributed by atoms with Gasteiger partial charge in [-0.2, -0.15) is 12.6 Å². The van der Waals surface area contributed by atoms with Crippen molar-refractivity contribution in [3.8, 4) is 0 Å². The third-order valence-electron chi connectivity index (χ3n) is 3.77. The van der Waals surface area contributed by atoms with Gasteiger partial charge < -0.3 is 9.80 Å². The van der Waals surface area contributed by atoms with Gasteiger partial charge in [-0.25, -0.2) is 0 Å². The van der Waals surface area contributed by atoms with Crippen LogP contribution >= 0.6 is 12.6 Å². The molecule has 2 atom stereocenters. The van der Waals surface area contributed by atoms with Crippen molar-refractivity contribution >= 4 is 12.6 Å². The minimum atomic E-state index is 0.772. The van der Waals surface area contributed by atoms with E-state index in [0.717, 1.165) is 17.7 Å². The third kappa shape index (κ3) is 5.07. The molecule has 0 spiro atoms. The SMILES string of the molecule is CC(CCS)CCN1CCCC(N(C)C)C1. The molecular formula is C13H28N2S. The number of rotatable bonds is 6. The van der Waals surface area contributed by atoms with Gasteiger partial charge in [0.2, 0.25) is 0 Å². The Bertz CT molecular complexity index is 185. The monoisotopic (exact) mass is 244 g/mol. The Hall–Kier alpha value is 0.270. The number of thiol groups is 1. The van der Waals surface area contributed by atoms with Crippen molar-refractivity contribution in [3.05, 3.63) is 0 Å². The van der Waals surface area contributed by atoms with Gasteiger partial charge in [0.1, 0.15) is 0 Å². The lowest BCUT2D eigenvalue weighted by atomic mass is 10.0. The number of hydrogen-bond donors (Lipinski definition) is 1. The first-order valence-corrected chi connectivity index (χ1v) is 7.26. The third-order valence-corrected chi connectivity index (χ3v) is 4.03. The zero-order chi connectivity index (χ0) is 12.0. The average Bonchev–Trinajstić information content (AvgIpc) is 2.27. The number of likely N-dealkylation sites (tertiary alicyclic amines) is 1. The van der Waals surface area contributed by atoms with Gasteiger partial charge in [0.25, 0.3) is 0 Å². The highest BCUT2D eigenvalue weighted by atomic mass is 32.1. The topological polar surface area (TPSA) is 6.48 Å². The molecular weight excluding hydrogens is 216 g/mol. The summed E-state index contributed by atoms with van der Waals surface area (Å²) in [6.07, 6.45) is 5.33. The van der Waals surface area contributed by atoms with Crippen LogP contribution in [0.25, 0.3) is 0 Å². The zero-order valence-corrected chi connectivity index (χ0v) is 12.0. The number of likely N-dealkylation sites (N-methyl/N-ethyl adjacent to an activating group) is 1. The van der Waals surface area contributed by atoms with Crippen LogP contribution in [0.15, 0.2) is 0 Å². The van der Waals surface area contributed by atoms with Crippen molar-refractivity contribution in [2.75, 3.05) is 39.5 Å². The van der Waals surface area contributed by atoms with E-state index in [1.807, 2.05) is 0 Å². The maximum absolute atomic E-state index is 4.30. The summed E-state index contributed by atoms with van der Waals surface area (Å²) in [6.45, 7) is 6.20. The normalized spacial score (nSPS) is 24.9. The Morgan fingerprint density at radius 1 is 1.38 bits per heavy atom. The van der Waals surface area contributed by atoms with E-state index in [0.29, 0.717) is 0 Å². The zero-order valence-electron chi connectivity index (χ0n) is 11.2. The second-order valence-electron chi connectivity index (χ2n) is 5.47. The number of nitrogens with zero attached hydrogens (tertiary/aromatic N) is 2. The molecule has 2 nitrogen and oxygen atoms in total. The van der Waals surface area contributed by atoms with Crippen molar-refractivity contribution in [1.29, 1.82) is 0 Å². The Morgan fingerprint density at radius 3 is 2.75 bits per heavy atom. The van der Waals surface area contributed by atoms with E-state index in [1.165, 1.54) is 45.3 Å². The fourth-order valence-corrected chi connectivity index (χ4v) is 2.86. The first kappa shape index (κ1) is 14.3. The molecule has 0 amide bonds. The molecule has 1 rings (SSSR count). The summed E-state index contributed by atoms with van der Waals surface area (Å²) in [5.41, 5.74) is 0. The molecule has 1 heterocycles. The molecule has 0 saturated carbocycles. The predicted molar refractivity (Wildman–Crippen MR) is 75.4 cm³/mol. The minimum absolute atomic E-state index is 0.772. The smallest absolute Gasteiger partial charge is 0.0217 e. The van der Waals surface area contributed by atoms with Crippen molar-refractivity contribution < 1.29 is 0 Å². The van der Waals surface area contributed by atoms with E-state index >= 15 is 0 Å². The first-order chi connectivity index (χ1) is 7.63. The summed E-state index contributed by atoms with van der Waals surface area (Å²) >= 11 is 4.30. The fraction of sp³-hybridized carbons (Fsp3) is 1.00. The molecule has 0 aliphatic carbocycles. The van der Waals surface area contributed by atoms with Crippen molar-refractivity contribution in [2.45, 2.75) is 38.6 Å². The molecule has 0 aromatic carbocycles. The summed E-state index contributed by atoms with van der Waals surface area (Å²) < 4.78 is 0. The molecule has 1 aliphatic heterocycles. The van der Waals surface area contributed by atoms with Crippen LogP contribution in [0, 0.1) is 5.92 Å². The van der Waals surface area contributed by atoms with Crippen LogP contribution < -0.4 is 0 Å². The van der Waals surface area contributed by atoms with Gasteiger partial charge in [-0.05, 0) is 64.5 Å². The van der Waals surface area contributed by atoms with E-state index in [1.54, 1.807) is 0 Å². The maximum Gasteiger partial charge on any atom is 0.0217 e. The van der Waals surface area contributed by atoms with Crippen LogP contribution in [0.1, 0.15) is 32.6 Å². The Morgan fingerprint density at radius 2 is 2.12 bits per heavy atom. The lowest BCUT2D eigenvalue weighted by Crippen LogP contribution is -2.45. The van der Waals surface area contributed by atoms with Gasteiger partial charge in [0, 0.05) is 12.6 Å². The molecule has 1 saturated heterocycles. The summed E-state index contributed by atoms with van der Waals surface area (Å²) in [4.78, 5) is 5.02. The van der Waals surface area contributed by atoms with E-state index < -0.39 is 0 Å². The molecule has 0 bridgehead atoms. The molecule has 0 N–H and O–H groups in total. The lowest BCUT2D eigenvalue weighted by molar-refractivity contribution is 0.128. The fourth-order valence-electron chi connectivity index (χ4n) is 2.42. The molecule has 0 aromatic rings. The summed E-state index contributed by atoms with van der Waals surface area (Å²) in [5.74, 6) is 1.86. The van der Waals surface area contributed by atoms with Crippen molar-refractivity contribution in [2.24, 2.45) is 5.92 Å². The van der Waals surface area contributed by atoms with Crippen LogP contribution in [-0.2, 0) is 0 Å². The quantitative estimate of drug-likeness (QED) is 0.717. The lowest BCUT2D eigenvalue weighted by Gasteiger charge is -2.36. The molecule has 1 aliphatic rings. The summed E-state index contributed by atoms with van der Waals surface area (Å²) in [6, 6.07) is 0.772. The molecule has 1 fully saturated rings. The summed E-state index contributed by atoms with van der Waals surface area (Å²) in [5, 5.41) is 0. The van der Waals surface area contributed by atoms with Crippen LogP contribution in [0.4, 0.5) is 0 Å². The van der Waals surface area contributed by atoms with Crippen LogP contribution in [-0.4, -0.2) is 55.3 Å². The Balaban J connectivity index is 2.21. The molecule has 3 heteroatoms. The first-order valence-electron chi connectivity index (χ1n) is 6.63. The van der Waals surface area contributed by atoms with E-state index in [-0.39, 0.29) is 0 Å². The van der Waals surface area contributed by atoms with Gasteiger partial charge >= 0.3 is 0 Å². The van der Waals surface area contributed by atoms with Crippen LogP contribution in [0.5, 0.6) is 0 Å². The van der Waals surface area contributed by atoms with Crippen LogP contribution in [0.3, 0.4) is 0 Å². The highest BCUT2D eigenvalue weighted by Gasteiger charge is 2.21. The largest absolute Gasteiger partial charge is 0.305 e. The van der Waals surface area contributed by atoms with Gasteiger partial charge in [0.15, 0.2) is 0 Å². The van der Waals surface area contributed by atoms with Gasteiger partial charge in [-0.15, -0.1) is 0 Å². The molecule has 0 aromatic heterocycles. The second kappa shape index (κ2) is 7.57. The molecule has 0 radical (unpaired) electrons. The minimum Gasteiger partial charge on any atom is -0.305 e. The Kier molecular flexibility index (Phi) is 6.78. The van der Waals surface area contributed by atoms with E-state index in [2.05, 4.69) is 43.4 Å². The average molecular weight is 244 g/mol. The number of hydrogen-bond acceptors (Lipinski definition) is 3. The molecule has 2 unspecified atom stereocenters. The van der Waals surface area contributed by atoms with Crippen LogP contribution in [0.2, 0.25) is 0 Å². The standard InChI is InChI=1S/C13H28N2S/c1-12(7-10-16)6-9-15-8-4-5-13(11-15)14(2)3/h12-13,16H,4-11H2,1-3H3. The van der Waals surface area contributed by atoms with E-state index in [4.69, 9.17) is 0 Å². The molecule has 16 heavy (non-hydrogen) atoms. The van der Waals surface area contributed by atoms with Gasteiger partial charge in [0.05, 0.1) is 0 Å². The van der Waals surface area contributed by atoms with Gasteiger partial charge in [-0.3, -0.25) is 0 Å². The maximum atomic E-state index is 4.30. The molecule has 96 valence electrons. The van der Waals surface area contributed by atoms with Gasteiger partial charge in [-0.1, -0.05) is 6.92 Å². The van der Waals surface area contributed by atoms with Crippen molar-refractivity contribution in [3.63, 3.8) is 0 Å². The Labute approximate surface area is 107 Å².